The van der Waals surface area contributed by atoms with Crippen molar-refractivity contribution in [2.45, 2.75) is 70.1 Å². The first-order valence-electron chi connectivity index (χ1n) is 20.7. The van der Waals surface area contributed by atoms with Crippen LogP contribution in [0.2, 0.25) is 0 Å². The lowest BCUT2D eigenvalue weighted by atomic mass is 9.61. The van der Waals surface area contributed by atoms with E-state index in [1.54, 1.807) is 56.4 Å². The molecule has 0 radical (unpaired) electrons. The summed E-state index contributed by atoms with van der Waals surface area (Å²) in [5.74, 6) is -0.0392. The Morgan fingerprint density at radius 3 is 2.23 bits per heavy atom. The average Bonchev–Trinajstić information content (AvgIpc) is 3.49. The van der Waals surface area contributed by atoms with Crippen molar-refractivity contribution in [3.63, 3.8) is 0 Å². The monoisotopic (exact) mass is 816 g/mol. The fraction of sp³-hybridized carbons (Fsp3) is 0.444. The normalized spacial score (nSPS) is 20.9. The van der Waals surface area contributed by atoms with Gasteiger partial charge in [-0.05, 0) is 111 Å². The maximum absolute atomic E-state index is 13.8. The number of amides is 5. The molecule has 15 nitrogen and oxygen atoms in total. The molecule has 9 rings (SSSR count). The van der Waals surface area contributed by atoms with Gasteiger partial charge < -0.3 is 23.7 Å². The van der Waals surface area contributed by atoms with Gasteiger partial charge in [-0.15, -0.1) is 0 Å². The first kappa shape index (κ1) is 39.4. The van der Waals surface area contributed by atoms with Crippen molar-refractivity contribution in [1.82, 2.24) is 29.6 Å². The number of carbonyl (C=O) groups excluding carboxylic acids is 5. The molecule has 4 fully saturated rings. The number of imide groups is 2. The van der Waals surface area contributed by atoms with Gasteiger partial charge in [0.25, 0.3) is 17.4 Å². The third kappa shape index (κ3) is 6.97. The minimum absolute atomic E-state index is 0.0215. The average molecular weight is 817 g/mol. The molecule has 60 heavy (non-hydrogen) atoms. The van der Waals surface area contributed by atoms with Gasteiger partial charge >= 0.3 is 0 Å². The van der Waals surface area contributed by atoms with Crippen LogP contribution < -0.4 is 25.1 Å². The van der Waals surface area contributed by atoms with Gasteiger partial charge in [0.15, 0.2) is 0 Å². The van der Waals surface area contributed by atoms with E-state index < -0.39 is 29.7 Å². The molecule has 312 valence electrons. The molecule has 1 aliphatic carbocycles. The second-order valence-corrected chi connectivity index (χ2v) is 16.9. The summed E-state index contributed by atoms with van der Waals surface area (Å²) in [5, 5.41) is 3.57. The number of carbonyl (C=O) groups is 5. The van der Waals surface area contributed by atoms with Gasteiger partial charge in [-0.25, -0.2) is 0 Å². The van der Waals surface area contributed by atoms with Crippen LogP contribution in [-0.2, 0) is 28.0 Å². The highest BCUT2D eigenvalue weighted by Gasteiger charge is 2.49. The highest BCUT2D eigenvalue weighted by Crippen LogP contribution is 2.51. The number of hydrogen-bond acceptors (Lipinski definition) is 11. The third-order valence-electron chi connectivity index (χ3n) is 13.4. The zero-order valence-electron chi connectivity index (χ0n) is 34.0. The Morgan fingerprint density at radius 2 is 1.55 bits per heavy atom. The van der Waals surface area contributed by atoms with E-state index in [4.69, 9.17) is 14.2 Å². The van der Waals surface area contributed by atoms with E-state index in [0.717, 1.165) is 91.7 Å². The number of hydrogen-bond donors (Lipinski definition) is 1. The maximum atomic E-state index is 13.8. The molecule has 1 unspecified atom stereocenters. The highest BCUT2D eigenvalue weighted by atomic mass is 16.5. The quantitative estimate of drug-likeness (QED) is 0.242. The van der Waals surface area contributed by atoms with Gasteiger partial charge in [-0.1, -0.05) is 0 Å². The lowest BCUT2D eigenvalue weighted by molar-refractivity contribution is -0.142. The van der Waals surface area contributed by atoms with Crippen LogP contribution in [0.1, 0.15) is 77.6 Å². The van der Waals surface area contributed by atoms with Gasteiger partial charge in [-0.3, -0.25) is 48.9 Å². The van der Waals surface area contributed by atoms with Gasteiger partial charge in [0.2, 0.25) is 17.7 Å². The van der Waals surface area contributed by atoms with Crippen LogP contribution in [0, 0.1) is 11.3 Å². The van der Waals surface area contributed by atoms with E-state index in [-0.39, 0.29) is 52.9 Å². The van der Waals surface area contributed by atoms with E-state index in [1.165, 1.54) is 0 Å². The number of fused-ring (bicyclic) bond motifs is 2. The zero-order chi connectivity index (χ0) is 41.9. The Hall–Kier alpha value is -6.09. The number of nitrogens with zero attached hydrogens (tertiary/aromatic N) is 5. The number of aryl methyl sites for hydroxylation is 1. The Morgan fingerprint density at radius 1 is 0.850 bits per heavy atom. The number of methoxy groups -OCH3 is 2. The summed E-state index contributed by atoms with van der Waals surface area (Å²) in [4.78, 5) is 86.5. The van der Waals surface area contributed by atoms with Crippen LogP contribution in [0.15, 0.2) is 59.8 Å². The van der Waals surface area contributed by atoms with Crippen LogP contribution in [0.25, 0.3) is 21.9 Å². The molecule has 1 N–H and O–H groups in total. The summed E-state index contributed by atoms with van der Waals surface area (Å²) in [5.41, 5.74) is 3.11. The number of piperidine rings is 3. The van der Waals surface area contributed by atoms with E-state index >= 15 is 0 Å². The van der Waals surface area contributed by atoms with Crippen molar-refractivity contribution < 1.29 is 38.2 Å². The number of likely N-dealkylation sites (tertiary alicyclic amines) is 2. The van der Waals surface area contributed by atoms with Crippen LogP contribution in [0.3, 0.4) is 0 Å². The Balaban J connectivity index is 0.767. The Labute approximate surface area is 346 Å². The number of benzene rings is 2. The lowest BCUT2D eigenvalue weighted by Crippen LogP contribution is -2.54. The second kappa shape index (κ2) is 15.5. The standard InChI is InChI=1S/C45H48N6O9/c1-48-24-34(30-8-13-46-23-33(30)42(48)55)27-18-37(58-2)35(38(19-27)59-3)25-49-14-9-26(10-15-49)41(54)50-16-11-45(12-17-50)21-29(22-45)60-28-4-5-31-32(20-28)44(57)51(43(31)56)36-6-7-39(52)47-40(36)53/h4-5,8,13,18-20,23-24,26,29,36H,6-7,9-12,14-17,21-22,25H2,1-3H3,(H,47,52,53). The molecule has 1 atom stereocenters. The summed E-state index contributed by atoms with van der Waals surface area (Å²) in [6.07, 6.45) is 10.3. The summed E-state index contributed by atoms with van der Waals surface area (Å²) in [6.45, 7) is 3.61. The zero-order valence-corrected chi connectivity index (χ0v) is 34.0. The van der Waals surface area contributed by atoms with Crippen molar-refractivity contribution in [2.75, 3.05) is 40.4 Å². The van der Waals surface area contributed by atoms with E-state index in [1.807, 2.05) is 29.3 Å². The van der Waals surface area contributed by atoms with Gasteiger partial charge in [0.1, 0.15) is 23.3 Å². The van der Waals surface area contributed by atoms with E-state index in [0.29, 0.717) is 29.2 Å². The molecule has 6 heterocycles. The SMILES string of the molecule is COc1cc(-c2cn(C)c(=O)c3cnccc23)cc(OC)c1CN1CCC(C(=O)N2CCC3(CC2)CC(Oc2ccc4c(c2)C(=O)N(C2CCC(=O)NC2=O)C4=O)C3)CC1. The first-order valence-corrected chi connectivity index (χ1v) is 20.7. The smallest absolute Gasteiger partial charge is 0.262 e. The largest absolute Gasteiger partial charge is 0.496 e. The summed E-state index contributed by atoms with van der Waals surface area (Å²) >= 11 is 0. The molecule has 1 spiro atoms. The number of rotatable bonds is 9. The van der Waals surface area contributed by atoms with Crippen molar-refractivity contribution in [2.24, 2.45) is 18.4 Å². The van der Waals surface area contributed by atoms with Crippen molar-refractivity contribution >= 4 is 40.3 Å². The van der Waals surface area contributed by atoms with E-state index in [2.05, 4.69) is 15.2 Å². The lowest BCUT2D eigenvalue weighted by Gasteiger charge is -2.52. The van der Waals surface area contributed by atoms with Crippen LogP contribution in [0.5, 0.6) is 17.2 Å². The Bertz CT molecular complexity index is 2470. The summed E-state index contributed by atoms with van der Waals surface area (Å²) < 4.78 is 19.7. The molecular weight excluding hydrogens is 769 g/mol. The minimum atomic E-state index is -1.01. The van der Waals surface area contributed by atoms with Gasteiger partial charge in [0, 0.05) is 63.2 Å². The van der Waals surface area contributed by atoms with Crippen molar-refractivity contribution in [3.05, 3.63) is 82.0 Å². The summed E-state index contributed by atoms with van der Waals surface area (Å²) in [7, 11) is 5.03. The van der Waals surface area contributed by atoms with Gasteiger partial charge in [0.05, 0.1) is 42.4 Å². The third-order valence-corrected chi connectivity index (χ3v) is 13.4. The van der Waals surface area contributed by atoms with Crippen LogP contribution >= 0.6 is 0 Å². The molecule has 15 heteroatoms. The second-order valence-electron chi connectivity index (χ2n) is 16.9. The van der Waals surface area contributed by atoms with Crippen LogP contribution in [0.4, 0.5) is 0 Å². The number of aromatic nitrogens is 2. The maximum Gasteiger partial charge on any atom is 0.262 e. The highest BCUT2D eigenvalue weighted by molar-refractivity contribution is 6.23. The van der Waals surface area contributed by atoms with Crippen molar-refractivity contribution in [1.29, 1.82) is 0 Å². The number of nitrogens with one attached hydrogen (secondary N) is 1. The fourth-order valence-corrected chi connectivity index (χ4v) is 9.97. The van der Waals surface area contributed by atoms with Crippen LogP contribution in [-0.4, -0.2) is 106 Å². The van der Waals surface area contributed by atoms with E-state index in [9.17, 15) is 28.8 Å². The van der Waals surface area contributed by atoms with Gasteiger partial charge in [-0.2, -0.15) is 0 Å². The van der Waals surface area contributed by atoms with Crippen molar-refractivity contribution in [3.8, 4) is 28.4 Å². The molecule has 4 aliphatic heterocycles. The first-order chi connectivity index (χ1) is 29.0. The molecule has 5 aliphatic rings. The molecule has 5 amide bonds. The topological polar surface area (TPSA) is 170 Å². The predicted octanol–water partition coefficient (Wildman–Crippen LogP) is 4.08. The molecule has 3 saturated heterocycles. The number of ether oxygens (including phenoxy) is 3. The Kier molecular flexibility index (Phi) is 10.2. The summed E-state index contributed by atoms with van der Waals surface area (Å²) in [6, 6.07) is 9.67. The number of pyridine rings is 2. The molecule has 2 aromatic carbocycles. The minimum Gasteiger partial charge on any atom is -0.496 e. The molecular formula is C45H48N6O9. The molecule has 2 aromatic heterocycles. The molecule has 1 saturated carbocycles. The molecule has 4 aromatic rings. The fourth-order valence-electron chi connectivity index (χ4n) is 9.97. The molecule has 0 bridgehead atoms. The predicted molar refractivity (Wildman–Crippen MR) is 219 cm³/mol.